The molecule has 128 valence electrons. The molecule has 2 unspecified atom stereocenters. The van der Waals surface area contributed by atoms with Gasteiger partial charge in [0.25, 0.3) is 0 Å². The monoisotopic (exact) mass is 316 g/mol. The molecular formula is C19H32N4. The Morgan fingerprint density at radius 1 is 1.26 bits per heavy atom. The van der Waals surface area contributed by atoms with E-state index in [4.69, 9.17) is 4.99 Å². The number of rotatable bonds is 5. The maximum atomic E-state index is 4.76. The Morgan fingerprint density at radius 3 is 2.52 bits per heavy atom. The molecule has 0 bridgehead atoms. The van der Waals surface area contributed by atoms with E-state index in [0.717, 1.165) is 25.6 Å². The fourth-order valence-corrected chi connectivity index (χ4v) is 2.97. The lowest BCUT2D eigenvalue weighted by molar-refractivity contribution is 0.265. The molecule has 1 heterocycles. The predicted molar refractivity (Wildman–Crippen MR) is 98.8 cm³/mol. The summed E-state index contributed by atoms with van der Waals surface area (Å²) >= 11 is 0. The Labute approximate surface area is 141 Å². The molecular weight excluding hydrogens is 284 g/mol. The minimum atomic E-state index is 0.466. The number of hydrogen-bond donors (Lipinski definition) is 2. The smallest absolute Gasteiger partial charge is 0.191 e. The van der Waals surface area contributed by atoms with Gasteiger partial charge < -0.3 is 10.6 Å². The first-order valence-electron chi connectivity index (χ1n) is 8.84. The normalized spacial score (nSPS) is 22.6. The lowest BCUT2D eigenvalue weighted by Gasteiger charge is -2.22. The van der Waals surface area contributed by atoms with Crippen molar-refractivity contribution in [1.82, 2.24) is 15.5 Å². The summed E-state index contributed by atoms with van der Waals surface area (Å²) < 4.78 is 0. The zero-order valence-corrected chi connectivity index (χ0v) is 15.3. The average Bonchev–Trinajstić information content (AvgIpc) is 2.88. The molecule has 0 amide bonds. The van der Waals surface area contributed by atoms with E-state index in [2.05, 4.69) is 74.4 Å². The number of nitrogens with one attached hydrogen (secondary N) is 2. The molecule has 1 aliphatic rings. The van der Waals surface area contributed by atoms with E-state index < -0.39 is 0 Å². The number of hydrogen-bond acceptors (Lipinski definition) is 2. The Bertz CT molecular complexity index is 507. The average molecular weight is 316 g/mol. The third-order valence-corrected chi connectivity index (χ3v) is 4.58. The fourth-order valence-electron chi connectivity index (χ4n) is 2.97. The third-order valence-electron chi connectivity index (χ3n) is 4.58. The second-order valence-electron chi connectivity index (χ2n) is 6.96. The van der Waals surface area contributed by atoms with Crippen LogP contribution < -0.4 is 10.6 Å². The van der Waals surface area contributed by atoms with Crippen LogP contribution in [0.5, 0.6) is 0 Å². The fraction of sp³-hybridized carbons (Fsp3) is 0.632. The molecule has 1 aromatic carbocycles. The van der Waals surface area contributed by atoms with Crippen LogP contribution in [0.15, 0.2) is 29.3 Å². The van der Waals surface area contributed by atoms with Gasteiger partial charge in [-0.15, -0.1) is 0 Å². The maximum absolute atomic E-state index is 4.76. The molecule has 0 spiro atoms. The SMILES string of the molecule is CCNC(=NCc1ccc(C)cc1)NC1CN(C(C)C)CC1C. The van der Waals surface area contributed by atoms with E-state index in [1.807, 2.05) is 0 Å². The van der Waals surface area contributed by atoms with Crippen molar-refractivity contribution in [2.24, 2.45) is 10.9 Å². The number of benzene rings is 1. The summed E-state index contributed by atoms with van der Waals surface area (Å²) in [6.07, 6.45) is 0. The van der Waals surface area contributed by atoms with E-state index in [1.165, 1.54) is 11.1 Å². The van der Waals surface area contributed by atoms with Gasteiger partial charge in [-0.2, -0.15) is 0 Å². The number of aliphatic imine (C=N–C) groups is 1. The van der Waals surface area contributed by atoms with Crippen molar-refractivity contribution in [2.45, 2.75) is 53.2 Å². The minimum Gasteiger partial charge on any atom is -0.357 e. The standard InChI is InChI=1S/C19H32N4/c1-6-20-19(21-11-17-9-7-15(4)8-10-17)22-18-13-23(14(2)3)12-16(18)5/h7-10,14,16,18H,6,11-13H2,1-5H3,(H2,20,21,22). The summed E-state index contributed by atoms with van der Waals surface area (Å²) in [5.74, 6) is 1.57. The Kier molecular flexibility index (Phi) is 6.46. The van der Waals surface area contributed by atoms with E-state index in [1.54, 1.807) is 0 Å². The molecule has 23 heavy (non-hydrogen) atoms. The molecule has 0 aliphatic carbocycles. The Morgan fingerprint density at radius 2 is 1.96 bits per heavy atom. The van der Waals surface area contributed by atoms with Gasteiger partial charge in [0.1, 0.15) is 0 Å². The van der Waals surface area contributed by atoms with Gasteiger partial charge in [0.15, 0.2) is 5.96 Å². The first-order valence-corrected chi connectivity index (χ1v) is 8.84. The second kappa shape index (κ2) is 8.34. The first-order chi connectivity index (χ1) is 11.0. The van der Waals surface area contributed by atoms with Crippen molar-refractivity contribution in [1.29, 1.82) is 0 Å². The van der Waals surface area contributed by atoms with Crippen molar-refractivity contribution in [3.05, 3.63) is 35.4 Å². The van der Waals surface area contributed by atoms with Crippen LogP contribution in [0, 0.1) is 12.8 Å². The van der Waals surface area contributed by atoms with E-state index in [0.29, 0.717) is 24.5 Å². The molecule has 2 atom stereocenters. The van der Waals surface area contributed by atoms with Crippen LogP contribution >= 0.6 is 0 Å². The van der Waals surface area contributed by atoms with Crippen molar-refractivity contribution in [2.75, 3.05) is 19.6 Å². The third kappa shape index (κ3) is 5.24. The van der Waals surface area contributed by atoms with Crippen molar-refractivity contribution in [3.63, 3.8) is 0 Å². The molecule has 0 radical (unpaired) electrons. The quantitative estimate of drug-likeness (QED) is 0.648. The number of aryl methyl sites for hydroxylation is 1. The molecule has 4 nitrogen and oxygen atoms in total. The van der Waals surface area contributed by atoms with Gasteiger partial charge in [-0.1, -0.05) is 36.8 Å². The summed E-state index contributed by atoms with van der Waals surface area (Å²) in [6, 6.07) is 9.67. The topological polar surface area (TPSA) is 39.7 Å². The molecule has 1 aromatic rings. The van der Waals surface area contributed by atoms with E-state index in [-0.39, 0.29) is 0 Å². The summed E-state index contributed by atoms with van der Waals surface area (Å²) in [5, 5.41) is 7.01. The van der Waals surface area contributed by atoms with Gasteiger partial charge >= 0.3 is 0 Å². The van der Waals surface area contributed by atoms with Crippen LogP contribution in [0.25, 0.3) is 0 Å². The van der Waals surface area contributed by atoms with Crippen LogP contribution in [0.2, 0.25) is 0 Å². The highest BCUT2D eigenvalue weighted by atomic mass is 15.3. The van der Waals surface area contributed by atoms with Gasteiger partial charge in [0.05, 0.1) is 6.54 Å². The maximum Gasteiger partial charge on any atom is 0.191 e. The molecule has 2 N–H and O–H groups in total. The van der Waals surface area contributed by atoms with Crippen LogP contribution in [0.3, 0.4) is 0 Å². The van der Waals surface area contributed by atoms with Crippen LogP contribution in [0.1, 0.15) is 38.8 Å². The van der Waals surface area contributed by atoms with Gasteiger partial charge in [-0.25, -0.2) is 4.99 Å². The zero-order valence-electron chi connectivity index (χ0n) is 15.3. The van der Waals surface area contributed by atoms with Gasteiger partial charge in [0, 0.05) is 31.7 Å². The van der Waals surface area contributed by atoms with Gasteiger partial charge in [-0.3, -0.25) is 4.90 Å². The van der Waals surface area contributed by atoms with Gasteiger partial charge in [0.2, 0.25) is 0 Å². The zero-order chi connectivity index (χ0) is 16.8. The molecule has 1 fully saturated rings. The molecule has 0 saturated carbocycles. The summed E-state index contributed by atoms with van der Waals surface area (Å²) in [7, 11) is 0. The highest BCUT2D eigenvalue weighted by molar-refractivity contribution is 5.80. The highest BCUT2D eigenvalue weighted by Gasteiger charge is 2.31. The predicted octanol–water partition coefficient (Wildman–Crippen LogP) is 2.78. The highest BCUT2D eigenvalue weighted by Crippen LogP contribution is 2.18. The Balaban J connectivity index is 1.97. The molecule has 0 aromatic heterocycles. The Hall–Kier alpha value is -1.55. The van der Waals surface area contributed by atoms with Crippen molar-refractivity contribution in [3.8, 4) is 0 Å². The number of nitrogens with zero attached hydrogens (tertiary/aromatic N) is 2. The van der Waals surface area contributed by atoms with E-state index in [9.17, 15) is 0 Å². The van der Waals surface area contributed by atoms with Crippen molar-refractivity contribution >= 4 is 5.96 Å². The van der Waals surface area contributed by atoms with E-state index >= 15 is 0 Å². The summed E-state index contributed by atoms with van der Waals surface area (Å²) in [6.45, 7) is 14.9. The largest absolute Gasteiger partial charge is 0.357 e. The molecule has 1 saturated heterocycles. The summed E-state index contributed by atoms with van der Waals surface area (Å²) in [4.78, 5) is 7.29. The lowest BCUT2D eigenvalue weighted by Crippen LogP contribution is -2.46. The van der Waals surface area contributed by atoms with Crippen LogP contribution in [-0.2, 0) is 6.54 Å². The summed E-state index contributed by atoms with van der Waals surface area (Å²) in [5.41, 5.74) is 2.53. The second-order valence-corrected chi connectivity index (χ2v) is 6.96. The number of guanidine groups is 1. The molecule has 1 aliphatic heterocycles. The number of likely N-dealkylation sites (tertiary alicyclic amines) is 1. The van der Waals surface area contributed by atoms with Crippen LogP contribution in [-0.4, -0.2) is 42.6 Å². The lowest BCUT2D eigenvalue weighted by atomic mass is 10.1. The molecule has 4 heteroatoms. The van der Waals surface area contributed by atoms with Gasteiger partial charge in [-0.05, 0) is 39.2 Å². The minimum absolute atomic E-state index is 0.466. The molecule has 2 rings (SSSR count). The first kappa shape index (κ1) is 17.8. The van der Waals surface area contributed by atoms with Crippen LogP contribution in [0.4, 0.5) is 0 Å². The van der Waals surface area contributed by atoms with Crippen molar-refractivity contribution < 1.29 is 0 Å².